The molecule has 3 heterocycles. The summed E-state index contributed by atoms with van der Waals surface area (Å²) in [5, 5.41) is 9.67. The Kier molecular flexibility index (Phi) is 5.46. The number of hydrogen-bond acceptors (Lipinski definition) is 5. The molecule has 7 nitrogen and oxygen atoms in total. The van der Waals surface area contributed by atoms with Gasteiger partial charge in [-0.05, 0) is 36.6 Å². The largest absolute Gasteiger partial charge is 0.338 e. The summed E-state index contributed by atoms with van der Waals surface area (Å²) in [5.41, 5.74) is 1.76. The van der Waals surface area contributed by atoms with Crippen molar-refractivity contribution in [2.75, 3.05) is 24.5 Å². The lowest BCUT2D eigenvalue weighted by Gasteiger charge is -2.41. The zero-order chi connectivity index (χ0) is 24.0. The molecule has 0 N–H and O–H groups in total. The van der Waals surface area contributed by atoms with Gasteiger partial charge in [0.2, 0.25) is 11.9 Å². The van der Waals surface area contributed by atoms with Crippen LogP contribution in [-0.4, -0.2) is 56.1 Å². The van der Waals surface area contributed by atoms with Crippen molar-refractivity contribution < 1.29 is 9.18 Å². The average molecular weight is 461 g/mol. The number of aromatic nitrogens is 4. The van der Waals surface area contributed by atoms with Gasteiger partial charge < -0.3 is 9.80 Å². The Morgan fingerprint density at radius 2 is 1.79 bits per heavy atom. The van der Waals surface area contributed by atoms with Crippen molar-refractivity contribution in [1.29, 1.82) is 0 Å². The normalized spacial score (nSPS) is 17.0. The van der Waals surface area contributed by atoms with E-state index in [2.05, 4.69) is 42.8 Å². The Balaban J connectivity index is 1.59. The van der Waals surface area contributed by atoms with Crippen LogP contribution in [0.3, 0.4) is 0 Å². The molecule has 0 bridgehead atoms. The van der Waals surface area contributed by atoms with Gasteiger partial charge in [-0.25, -0.2) is 13.8 Å². The number of benzene rings is 2. The van der Waals surface area contributed by atoms with Crippen LogP contribution < -0.4 is 4.90 Å². The maximum atomic E-state index is 14.7. The van der Waals surface area contributed by atoms with Gasteiger partial charge in [0, 0.05) is 37.5 Å². The SMILES string of the molecule is C[C@H]1CN(c2nc3ccccc3c3nnc(-c4ccccc4F)n23)CCN1C(=O)CC(C)(C)C. The molecule has 4 aromatic rings. The molecule has 1 amide bonds. The third kappa shape index (κ3) is 3.97. The van der Waals surface area contributed by atoms with Crippen LogP contribution in [0.15, 0.2) is 48.5 Å². The quantitative estimate of drug-likeness (QED) is 0.449. The van der Waals surface area contributed by atoms with Crippen molar-refractivity contribution in [3.05, 3.63) is 54.3 Å². The standard InChI is InChI=1S/C26H29FN6O/c1-17-16-31(13-14-32(17)22(34)15-26(2,3)4)25-28-21-12-8-6-10-19(21)24-30-29-23(33(24)25)18-9-5-7-11-20(18)27/h5-12,17H,13-16H2,1-4H3/t17-/m0/s1. The first-order valence-corrected chi connectivity index (χ1v) is 11.7. The number of carbonyl (C=O) groups is 1. The fraction of sp³-hybridized carbons (Fsp3) is 0.385. The molecule has 1 saturated heterocycles. The van der Waals surface area contributed by atoms with Gasteiger partial charge in [-0.3, -0.25) is 4.79 Å². The monoisotopic (exact) mass is 460 g/mol. The Morgan fingerprint density at radius 3 is 2.53 bits per heavy atom. The predicted octanol–water partition coefficient (Wildman–Crippen LogP) is 4.56. The average Bonchev–Trinajstić information content (AvgIpc) is 3.23. The maximum Gasteiger partial charge on any atom is 0.223 e. The van der Waals surface area contributed by atoms with Crippen LogP contribution in [0.5, 0.6) is 0 Å². The molecule has 1 fully saturated rings. The number of anilines is 1. The van der Waals surface area contributed by atoms with E-state index in [0.29, 0.717) is 49.0 Å². The van der Waals surface area contributed by atoms with Gasteiger partial charge in [0.05, 0.1) is 11.1 Å². The molecular formula is C26H29FN6O. The third-order valence-electron chi connectivity index (χ3n) is 6.26. The van der Waals surface area contributed by atoms with Gasteiger partial charge in [0.15, 0.2) is 11.5 Å². The van der Waals surface area contributed by atoms with Crippen molar-refractivity contribution in [2.45, 2.75) is 40.2 Å². The number of halogens is 1. The Labute approximate surface area is 198 Å². The van der Waals surface area contributed by atoms with Crippen LogP contribution in [0.25, 0.3) is 27.9 Å². The second-order valence-electron chi connectivity index (χ2n) is 10.2. The van der Waals surface area contributed by atoms with E-state index in [1.165, 1.54) is 6.07 Å². The fourth-order valence-electron chi connectivity index (χ4n) is 4.66. The number of fused-ring (bicyclic) bond motifs is 3. The van der Waals surface area contributed by atoms with Gasteiger partial charge in [0.1, 0.15) is 5.82 Å². The van der Waals surface area contributed by atoms with Crippen LogP contribution >= 0.6 is 0 Å². The first-order valence-electron chi connectivity index (χ1n) is 11.7. The Hall–Kier alpha value is -3.55. The second kappa shape index (κ2) is 8.34. The molecule has 1 atom stereocenters. The smallest absolute Gasteiger partial charge is 0.223 e. The molecule has 0 radical (unpaired) electrons. The van der Waals surface area contributed by atoms with Crippen LogP contribution in [0.4, 0.5) is 10.3 Å². The highest BCUT2D eigenvalue weighted by molar-refractivity contribution is 5.93. The zero-order valence-electron chi connectivity index (χ0n) is 20.0. The second-order valence-corrected chi connectivity index (χ2v) is 10.2. The first-order chi connectivity index (χ1) is 16.2. The van der Waals surface area contributed by atoms with Crippen LogP contribution in [-0.2, 0) is 4.79 Å². The molecule has 0 saturated carbocycles. The molecule has 1 aliphatic rings. The molecule has 0 spiro atoms. The molecule has 0 unspecified atom stereocenters. The van der Waals surface area contributed by atoms with E-state index in [1.54, 1.807) is 18.2 Å². The summed E-state index contributed by atoms with van der Waals surface area (Å²) < 4.78 is 16.6. The summed E-state index contributed by atoms with van der Waals surface area (Å²) in [6, 6.07) is 14.4. The number of para-hydroxylation sites is 1. The van der Waals surface area contributed by atoms with Gasteiger partial charge in [0.25, 0.3) is 0 Å². The number of nitrogens with zero attached hydrogens (tertiary/aromatic N) is 6. The number of rotatable bonds is 3. The molecule has 0 aliphatic carbocycles. The van der Waals surface area contributed by atoms with E-state index < -0.39 is 0 Å². The lowest BCUT2D eigenvalue weighted by atomic mass is 9.91. The summed E-state index contributed by atoms with van der Waals surface area (Å²) in [6.45, 7) is 10.1. The fourth-order valence-corrected chi connectivity index (χ4v) is 4.66. The summed E-state index contributed by atoms with van der Waals surface area (Å²) in [4.78, 5) is 22.0. The first kappa shape index (κ1) is 22.3. The predicted molar refractivity (Wildman–Crippen MR) is 131 cm³/mol. The Morgan fingerprint density at radius 1 is 1.06 bits per heavy atom. The molecule has 5 rings (SSSR count). The van der Waals surface area contributed by atoms with Crippen LogP contribution in [0.1, 0.15) is 34.1 Å². The minimum atomic E-state index is -0.359. The lowest BCUT2D eigenvalue weighted by Crippen LogP contribution is -2.55. The number of amides is 1. The summed E-state index contributed by atoms with van der Waals surface area (Å²) in [7, 11) is 0. The van der Waals surface area contributed by atoms with Crippen molar-refractivity contribution >= 4 is 28.4 Å². The van der Waals surface area contributed by atoms with Crippen molar-refractivity contribution in [3.63, 3.8) is 0 Å². The molecule has 8 heteroatoms. The zero-order valence-corrected chi connectivity index (χ0v) is 20.0. The van der Waals surface area contributed by atoms with E-state index in [4.69, 9.17) is 4.98 Å². The maximum absolute atomic E-state index is 14.7. The molecule has 34 heavy (non-hydrogen) atoms. The van der Waals surface area contributed by atoms with Crippen molar-refractivity contribution in [3.8, 4) is 11.4 Å². The van der Waals surface area contributed by atoms with E-state index in [-0.39, 0.29) is 23.2 Å². The number of hydrogen-bond donors (Lipinski definition) is 0. The van der Waals surface area contributed by atoms with Crippen LogP contribution in [0.2, 0.25) is 0 Å². The third-order valence-corrected chi connectivity index (χ3v) is 6.26. The highest BCUT2D eigenvalue weighted by Crippen LogP contribution is 2.31. The Bertz CT molecular complexity index is 1370. The lowest BCUT2D eigenvalue weighted by molar-refractivity contribution is -0.135. The number of carbonyl (C=O) groups excluding carboxylic acids is 1. The summed E-state index contributed by atoms with van der Waals surface area (Å²) in [6.07, 6.45) is 0.513. The van der Waals surface area contributed by atoms with E-state index in [1.807, 2.05) is 33.6 Å². The van der Waals surface area contributed by atoms with E-state index >= 15 is 0 Å². The summed E-state index contributed by atoms with van der Waals surface area (Å²) >= 11 is 0. The minimum Gasteiger partial charge on any atom is -0.338 e. The highest BCUT2D eigenvalue weighted by atomic mass is 19.1. The molecular weight excluding hydrogens is 431 g/mol. The minimum absolute atomic E-state index is 0.0142. The highest BCUT2D eigenvalue weighted by Gasteiger charge is 2.32. The van der Waals surface area contributed by atoms with E-state index in [9.17, 15) is 9.18 Å². The molecule has 2 aromatic carbocycles. The van der Waals surface area contributed by atoms with Gasteiger partial charge in [-0.15, -0.1) is 10.2 Å². The van der Waals surface area contributed by atoms with Gasteiger partial charge in [-0.1, -0.05) is 45.0 Å². The molecule has 2 aromatic heterocycles. The summed E-state index contributed by atoms with van der Waals surface area (Å²) in [5.74, 6) is 0.890. The van der Waals surface area contributed by atoms with E-state index in [0.717, 1.165) is 10.9 Å². The van der Waals surface area contributed by atoms with Crippen LogP contribution in [0, 0.1) is 11.2 Å². The van der Waals surface area contributed by atoms with Gasteiger partial charge in [-0.2, -0.15) is 0 Å². The van der Waals surface area contributed by atoms with Crippen molar-refractivity contribution in [1.82, 2.24) is 24.5 Å². The molecule has 176 valence electrons. The number of piperazine rings is 1. The van der Waals surface area contributed by atoms with Crippen molar-refractivity contribution in [2.24, 2.45) is 5.41 Å². The van der Waals surface area contributed by atoms with Gasteiger partial charge >= 0.3 is 0 Å². The topological polar surface area (TPSA) is 66.6 Å². The molecule has 1 aliphatic heterocycles.